The third kappa shape index (κ3) is 0.760. The van der Waals surface area contributed by atoms with Crippen molar-refractivity contribution in [2.45, 2.75) is 18.3 Å². The molecule has 2 heteroatoms. The lowest BCUT2D eigenvalue weighted by atomic mass is 9.40. The van der Waals surface area contributed by atoms with Crippen molar-refractivity contribution in [1.29, 1.82) is 0 Å². The molecule has 1 saturated carbocycles. The van der Waals surface area contributed by atoms with Crippen LogP contribution in [-0.4, -0.2) is 11.6 Å². The van der Waals surface area contributed by atoms with Gasteiger partial charge in [0.25, 0.3) is 0 Å². The van der Waals surface area contributed by atoms with Crippen molar-refractivity contribution in [3.05, 3.63) is 69.8 Å². The lowest BCUT2D eigenvalue weighted by molar-refractivity contribution is -0.123. The summed E-state index contributed by atoms with van der Waals surface area (Å²) < 4.78 is 0. The molecule has 0 aromatic heterocycles. The van der Waals surface area contributed by atoms with E-state index in [-0.39, 0.29) is 18.0 Å². The molecule has 19 heavy (non-hydrogen) atoms. The molecule has 4 aliphatic carbocycles. The van der Waals surface area contributed by atoms with Crippen LogP contribution in [0.4, 0.5) is 0 Å². The summed E-state index contributed by atoms with van der Waals surface area (Å²) in [5.74, 6) is 0.254. The van der Waals surface area contributed by atoms with E-state index in [4.69, 9.17) is 0 Å². The van der Waals surface area contributed by atoms with Gasteiger partial charge in [0.2, 0.25) is 0 Å². The van der Waals surface area contributed by atoms with Gasteiger partial charge >= 0.3 is 0 Å². The van der Waals surface area contributed by atoms with Crippen LogP contribution in [0.2, 0.25) is 0 Å². The first-order chi connectivity index (χ1) is 9.26. The number of hydrogen-bond donors (Lipinski definition) is 0. The Morgan fingerprint density at radius 3 is 2.89 bits per heavy atom. The Kier molecular flexibility index (Phi) is 1.37. The Balaban J connectivity index is 1.89. The number of Topliss-reactive ketones (excluding diaryl/α,β-unsaturated/α-hetero) is 2. The summed E-state index contributed by atoms with van der Waals surface area (Å²) in [6, 6.07) is 8.07. The molecular formula is C17H9O2. The van der Waals surface area contributed by atoms with E-state index in [1.54, 1.807) is 0 Å². The van der Waals surface area contributed by atoms with Gasteiger partial charge in [0.05, 0.1) is 0 Å². The van der Waals surface area contributed by atoms with Crippen LogP contribution in [0, 0.1) is 6.08 Å². The van der Waals surface area contributed by atoms with Gasteiger partial charge in [-0.3, -0.25) is 9.59 Å². The van der Waals surface area contributed by atoms with Crippen molar-refractivity contribution in [2.24, 2.45) is 0 Å². The first-order valence-corrected chi connectivity index (χ1v) is 6.49. The average Bonchev–Trinajstić information content (AvgIpc) is 2.42. The maximum absolute atomic E-state index is 12.6. The van der Waals surface area contributed by atoms with Gasteiger partial charge in [-0.05, 0) is 34.8 Å². The van der Waals surface area contributed by atoms with Gasteiger partial charge in [-0.25, -0.2) is 0 Å². The minimum absolute atomic E-state index is 0.118. The average molecular weight is 245 g/mol. The summed E-state index contributed by atoms with van der Waals surface area (Å²) >= 11 is 0. The summed E-state index contributed by atoms with van der Waals surface area (Å²) in [6.07, 6.45) is 6.11. The second-order valence-corrected chi connectivity index (χ2v) is 5.46. The maximum atomic E-state index is 12.6. The second-order valence-electron chi connectivity index (χ2n) is 5.46. The molecule has 5 rings (SSSR count). The molecule has 1 radical (unpaired) electrons. The fourth-order valence-corrected chi connectivity index (χ4v) is 4.02. The molecular weight excluding hydrogens is 236 g/mol. The molecule has 0 amide bonds. The number of benzene rings is 1. The summed E-state index contributed by atoms with van der Waals surface area (Å²) in [7, 11) is 0. The number of hydrogen-bond acceptors (Lipinski definition) is 2. The zero-order chi connectivity index (χ0) is 12.8. The zero-order valence-corrected chi connectivity index (χ0v) is 10.1. The maximum Gasteiger partial charge on any atom is 0.182 e. The van der Waals surface area contributed by atoms with E-state index >= 15 is 0 Å². The van der Waals surface area contributed by atoms with Gasteiger partial charge < -0.3 is 0 Å². The Bertz CT molecular complexity index is 804. The molecule has 1 aromatic carbocycles. The molecule has 1 atom stereocenters. The van der Waals surface area contributed by atoms with Gasteiger partial charge in [-0.1, -0.05) is 30.3 Å². The van der Waals surface area contributed by atoms with Crippen LogP contribution < -0.4 is 0 Å². The van der Waals surface area contributed by atoms with Crippen molar-refractivity contribution in [3.8, 4) is 0 Å². The zero-order valence-electron chi connectivity index (χ0n) is 10.1. The van der Waals surface area contributed by atoms with Crippen molar-refractivity contribution in [2.75, 3.05) is 0 Å². The standard InChI is InChI=1S/C17H9O2/c18-13-8-6-10-15-14(13)12-7-5-9-3-1-2-4-11(9)17(12,15)16(10)19/h1-4,7H,5,8H2. The second kappa shape index (κ2) is 2.69. The van der Waals surface area contributed by atoms with Gasteiger partial charge in [0.1, 0.15) is 5.41 Å². The van der Waals surface area contributed by atoms with E-state index in [9.17, 15) is 9.59 Å². The van der Waals surface area contributed by atoms with Crippen LogP contribution >= 0.6 is 0 Å². The van der Waals surface area contributed by atoms with Gasteiger partial charge in [-0.2, -0.15) is 0 Å². The molecule has 1 aromatic rings. The van der Waals surface area contributed by atoms with Crippen LogP contribution in [0.25, 0.3) is 0 Å². The summed E-state index contributed by atoms with van der Waals surface area (Å²) in [5.41, 5.74) is 5.07. The molecule has 0 saturated heterocycles. The normalized spacial score (nSPS) is 29.5. The van der Waals surface area contributed by atoms with Crippen molar-refractivity contribution in [1.82, 2.24) is 0 Å². The molecule has 0 aliphatic heterocycles. The van der Waals surface area contributed by atoms with Crippen LogP contribution in [0.3, 0.4) is 0 Å². The van der Waals surface area contributed by atoms with Gasteiger partial charge in [0.15, 0.2) is 11.6 Å². The SMILES string of the molecule is O=C1C[C]=C2C(=O)C34C(=CCc5ccccc53)C1=C24. The molecule has 0 heterocycles. The molecule has 0 N–H and O–H groups in total. The van der Waals surface area contributed by atoms with E-state index < -0.39 is 5.41 Å². The van der Waals surface area contributed by atoms with Crippen LogP contribution in [0.15, 0.2) is 52.6 Å². The highest BCUT2D eigenvalue weighted by atomic mass is 16.1. The number of fused-ring (bicyclic) bond motifs is 2. The van der Waals surface area contributed by atoms with E-state index in [2.05, 4.69) is 18.2 Å². The van der Waals surface area contributed by atoms with Gasteiger partial charge in [0, 0.05) is 17.6 Å². The lowest BCUT2D eigenvalue weighted by Gasteiger charge is -2.58. The first kappa shape index (κ1) is 9.68. The molecule has 89 valence electrons. The Morgan fingerprint density at radius 1 is 1.16 bits per heavy atom. The number of rotatable bonds is 0. The Hall–Kier alpha value is -2.22. The minimum Gasteiger partial charge on any atom is -0.294 e. The topological polar surface area (TPSA) is 34.1 Å². The monoisotopic (exact) mass is 245 g/mol. The fraction of sp³-hybridized carbons (Fsp3) is 0.176. The van der Waals surface area contributed by atoms with Crippen molar-refractivity contribution < 1.29 is 9.59 Å². The van der Waals surface area contributed by atoms with E-state index in [1.165, 1.54) is 5.56 Å². The highest BCUT2D eigenvalue weighted by Crippen LogP contribution is 2.67. The Labute approximate surface area is 110 Å². The predicted octanol–water partition coefficient (Wildman–Crippen LogP) is 2.00. The molecule has 0 bridgehead atoms. The molecule has 1 spiro atoms. The smallest absolute Gasteiger partial charge is 0.182 e. The van der Waals surface area contributed by atoms with Crippen LogP contribution in [-0.2, 0) is 21.4 Å². The largest absolute Gasteiger partial charge is 0.294 e. The summed E-state index contributed by atoms with van der Waals surface area (Å²) in [4.78, 5) is 24.6. The van der Waals surface area contributed by atoms with Crippen LogP contribution in [0.1, 0.15) is 17.5 Å². The van der Waals surface area contributed by atoms with E-state index in [0.29, 0.717) is 5.57 Å². The third-order valence-corrected chi connectivity index (χ3v) is 4.77. The number of allylic oxidation sites excluding steroid dienone is 6. The molecule has 1 fully saturated rings. The van der Waals surface area contributed by atoms with E-state index in [1.807, 2.05) is 18.2 Å². The highest BCUT2D eigenvalue weighted by molar-refractivity contribution is 6.32. The lowest BCUT2D eigenvalue weighted by Crippen LogP contribution is -2.62. The minimum atomic E-state index is -0.595. The fourth-order valence-electron chi connectivity index (χ4n) is 4.02. The third-order valence-electron chi connectivity index (χ3n) is 4.77. The molecule has 1 unspecified atom stereocenters. The number of carbonyl (C=O) groups is 2. The summed E-state index contributed by atoms with van der Waals surface area (Å²) in [6.45, 7) is 0. The van der Waals surface area contributed by atoms with E-state index in [0.717, 1.165) is 28.7 Å². The van der Waals surface area contributed by atoms with Crippen molar-refractivity contribution >= 4 is 11.6 Å². The molecule has 4 aliphatic rings. The predicted molar refractivity (Wildman–Crippen MR) is 68.3 cm³/mol. The van der Waals surface area contributed by atoms with Crippen LogP contribution in [0.5, 0.6) is 0 Å². The van der Waals surface area contributed by atoms with Gasteiger partial charge in [-0.15, -0.1) is 0 Å². The highest BCUT2D eigenvalue weighted by Gasteiger charge is 2.69. The Morgan fingerprint density at radius 2 is 2.00 bits per heavy atom. The molecule has 2 nitrogen and oxygen atoms in total. The summed E-state index contributed by atoms with van der Waals surface area (Å²) in [5, 5.41) is 0. The quantitative estimate of drug-likeness (QED) is 0.700. The van der Waals surface area contributed by atoms with Crippen molar-refractivity contribution in [3.63, 3.8) is 0 Å². The number of carbonyl (C=O) groups excluding carboxylic acids is 2. The first-order valence-electron chi connectivity index (χ1n) is 6.49. The number of ketones is 2.